The molecule has 1 fully saturated rings. The van der Waals surface area contributed by atoms with Crippen molar-refractivity contribution < 1.29 is 26.3 Å². The second kappa shape index (κ2) is 9.07. The van der Waals surface area contributed by atoms with E-state index < -0.39 is 23.5 Å². The lowest BCUT2D eigenvalue weighted by molar-refractivity contribution is -0.143. The molecule has 164 valence electrons. The minimum atomic E-state index is -4.90. The molecule has 1 aliphatic carbocycles. The fourth-order valence-electron chi connectivity index (χ4n) is 3.51. The monoisotopic (exact) mass is 441 g/mol. The third-order valence-electron chi connectivity index (χ3n) is 5.23. The topological polar surface area (TPSA) is 27.3 Å². The van der Waals surface area contributed by atoms with Gasteiger partial charge in [0.25, 0.3) is 0 Å². The van der Waals surface area contributed by atoms with Crippen molar-refractivity contribution in [1.29, 1.82) is 0 Å². The first-order valence-electron chi connectivity index (χ1n) is 9.38. The Kier molecular flexibility index (Phi) is 7.42. The van der Waals surface area contributed by atoms with Crippen LogP contribution in [-0.2, 0) is 12.4 Å². The van der Waals surface area contributed by atoms with Crippen LogP contribution in [0.3, 0.4) is 0 Å². The Labute approximate surface area is 171 Å². The summed E-state index contributed by atoms with van der Waals surface area (Å²) in [7, 11) is 1.99. The minimum absolute atomic E-state index is 0.00602. The Bertz CT molecular complexity index is 685. The molecule has 2 unspecified atom stereocenters. The maximum atomic E-state index is 13.0. The molecule has 0 aliphatic heterocycles. The van der Waals surface area contributed by atoms with Crippen LogP contribution in [0.25, 0.3) is 0 Å². The molecule has 1 aliphatic rings. The van der Waals surface area contributed by atoms with Crippen molar-refractivity contribution in [2.45, 2.75) is 70.0 Å². The number of nitrogens with one attached hydrogen (secondary N) is 2. The molecule has 1 aromatic rings. The van der Waals surface area contributed by atoms with E-state index >= 15 is 0 Å². The highest BCUT2D eigenvalue weighted by molar-refractivity contribution is 7.80. The molecule has 0 aromatic heterocycles. The van der Waals surface area contributed by atoms with E-state index in [9.17, 15) is 26.3 Å². The summed E-state index contributed by atoms with van der Waals surface area (Å²) >= 11 is 5.19. The van der Waals surface area contributed by atoms with Gasteiger partial charge in [0.2, 0.25) is 0 Å². The third kappa shape index (κ3) is 6.47. The molecular weight excluding hydrogens is 416 g/mol. The van der Waals surface area contributed by atoms with Gasteiger partial charge in [0.05, 0.1) is 11.1 Å². The van der Waals surface area contributed by atoms with Gasteiger partial charge in [0, 0.05) is 23.8 Å². The number of hydrogen-bond donors (Lipinski definition) is 2. The zero-order valence-corrected chi connectivity index (χ0v) is 17.2. The quantitative estimate of drug-likeness (QED) is 0.466. The predicted octanol–water partition coefficient (Wildman–Crippen LogP) is 5.66. The van der Waals surface area contributed by atoms with Crippen LogP contribution in [0.15, 0.2) is 18.2 Å². The summed E-state index contributed by atoms with van der Waals surface area (Å²) in [4.78, 5) is 2.20. The van der Waals surface area contributed by atoms with Crippen LogP contribution in [0.1, 0.15) is 50.7 Å². The van der Waals surface area contributed by atoms with Crippen LogP contribution in [0.2, 0.25) is 0 Å². The average molecular weight is 441 g/mol. The van der Waals surface area contributed by atoms with Crippen molar-refractivity contribution in [3.05, 3.63) is 29.3 Å². The normalized spacial score (nSPS) is 20.8. The fourth-order valence-corrected chi connectivity index (χ4v) is 3.78. The van der Waals surface area contributed by atoms with Crippen molar-refractivity contribution in [2.75, 3.05) is 12.4 Å². The summed E-state index contributed by atoms with van der Waals surface area (Å²) in [5.74, 6) is 0. The summed E-state index contributed by atoms with van der Waals surface area (Å²) in [6.07, 6.45) is -6.01. The Hall–Kier alpha value is -1.55. The van der Waals surface area contributed by atoms with Crippen LogP contribution < -0.4 is 10.6 Å². The number of benzene rings is 1. The number of likely N-dealkylation sites (N-methyl/N-ethyl adjacent to an activating group) is 1. The zero-order valence-electron chi connectivity index (χ0n) is 16.4. The molecule has 2 N–H and O–H groups in total. The number of thiocarbonyl (C=S) groups is 1. The lowest BCUT2D eigenvalue weighted by Crippen LogP contribution is -2.54. The number of hydrogen-bond acceptors (Lipinski definition) is 2. The molecule has 3 nitrogen and oxygen atoms in total. The first-order chi connectivity index (χ1) is 13.3. The van der Waals surface area contributed by atoms with Crippen LogP contribution >= 0.6 is 12.2 Å². The molecular formula is C19H25F6N3S. The van der Waals surface area contributed by atoms with Gasteiger partial charge in [-0.3, -0.25) is 4.90 Å². The summed E-state index contributed by atoms with van der Waals surface area (Å²) in [6, 6.07) is 1.78. The number of halogens is 6. The SMILES string of the molecule is CC(C)N(C)C1CCCCC1NC(=S)Nc1cc(C(F)(F)F)cc(C(F)(F)F)c1. The summed E-state index contributed by atoms with van der Waals surface area (Å²) in [5.41, 5.74) is -3.12. The van der Waals surface area contributed by atoms with Gasteiger partial charge in [-0.2, -0.15) is 26.3 Å². The van der Waals surface area contributed by atoms with Crippen molar-refractivity contribution >= 4 is 23.0 Å². The Morgan fingerprint density at radius 3 is 2.00 bits per heavy atom. The molecule has 1 saturated carbocycles. The van der Waals surface area contributed by atoms with Crippen LogP contribution in [0, 0.1) is 0 Å². The number of rotatable bonds is 4. The molecule has 1 aromatic carbocycles. The second-order valence-corrected chi connectivity index (χ2v) is 8.02. The molecule has 0 radical (unpaired) electrons. The van der Waals surface area contributed by atoms with Gasteiger partial charge in [-0.25, -0.2) is 0 Å². The van der Waals surface area contributed by atoms with Crippen molar-refractivity contribution in [2.24, 2.45) is 0 Å². The van der Waals surface area contributed by atoms with E-state index in [2.05, 4.69) is 29.4 Å². The predicted molar refractivity (Wildman–Crippen MR) is 105 cm³/mol. The van der Waals surface area contributed by atoms with Crippen LogP contribution in [0.4, 0.5) is 32.0 Å². The fraction of sp³-hybridized carbons (Fsp3) is 0.632. The number of alkyl halides is 6. The van der Waals surface area contributed by atoms with Crippen LogP contribution in [-0.4, -0.2) is 35.2 Å². The van der Waals surface area contributed by atoms with Crippen molar-refractivity contribution in [1.82, 2.24) is 10.2 Å². The average Bonchev–Trinajstić information content (AvgIpc) is 2.59. The Morgan fingerprint density at radius 2 is 1.52 bits per heavy atom. The molecule has 2 atom stereocenters. The highest BCUT2D eigenvalue weighted by Gasteiger charge is 2.37. The first-order valence-corrected chi connectivity index (χ1v) is 9.79. The van der Waals surface area contributed by atoms with Gasteiger partial charge in [-0.1, -0.05) is 12.8 Å². The lowest BCUT2D eigenvalue weighted by Gasteiger charge is -2.40. The Morgan fingerprint density at radius 1 is 1.00 bits per heavy atom. The minimum Gasteiger partial charge on any atom is -0.358 e. The first kappa shape index (κ1) is 23.7. The van der Waals surface area contributed by atoms with Gasteiger partial charge in [0.1, 0.15) is 0 Å². The molecule has 29 heavy (non-hydrogen) atoms. The zero-order chi connectivity index (χ0) is 22.0. The second-order valence-electron chi connectivity index (χ2n) is 7.61. The molecule has 0 spiro atoms. The van der Waals surface area contributed by atoms with Gasteiger partial charge in [-0.15, -0.1) is 0 Å². The maximum Gasteiger partial charge on any atom is 0.416 e. The van der Waals surface area contributed by atoms with Gasteiger partial charge >= 0.3 is 12.4 Å². The Balaban J connectivity index is 2.19. The standard InChI is InChI=1S/C19H25F6N3S/c1-11(2)28(3)16-7-5-4-6-15(16)27-17(29)26-14-9-12(18(20,21)22)8-13(10-14)19(23,24)25/h8-11,15-16H,4-7H2,1-3H3,(H2,26,27,29). The van der Waals surface area contributed by atoms with E-state index in [1.807, 2.05) is 7.05 Å². The molecule has 0 amide bonds. The van der Waals surface area contributed by atoms with Crippen LogP contribution in [0.5, 0.6) is 0 Å². The number of nitrogens with zero attached hydrogens (tertiary/aromatic N) is 1. The van der Waals surface area contributed by atoms with Crippen molar-refractivity contribution in [3.8, 4) is 0 Å². The molecule has 10 heteroatoms. The van der Waals surface area contributed by atoms with Gasteiger partial charge in [-0.05, 0) is 64.2 Å². The number of anilines is 1. The van der Waals surface area contributed by atoms with E-state index in [4.69, 9.17) is 12.2 Å². The van der Waals surface area contributed by atoms with E-state index in [0.29, 0.717) is 18.2 Å². The largest absolute Gasteiger partial charge is 0.416 e. The van der Waals surface area contributed by atoms with E-state index in [-0.39, 0.29) is 28.9 Å². The van der Waals surface area contributed by atoms with Crippen molar-refractivity contribution in [3.63, 3.8) is 0 Å². The summed E-state index contributed by atoms with van der Waals surface area (Å²) in [5, 5.41) is 5.60. The molecule has 2 rings (SSSR count). The summed E-state index contributed by atoms with van der Waals surface area (Å²) < 4.78 is 78.1. The molecule has 0 saturated heterocycles. The highest BCUT2D eigenvalue weighted by Crippen LogP contribution is 2.37. The van der Waals surface area contributed by atoms with E-state index in [1.165, 1.54) is 0 Å². The third-order valence-corrected chi connectivity index (χ3v) is 5.45. The maximum absolute atomic E-state index is 13.0. The lowest BCUT2D eigenvalue weighted by atomic mass is 9.89. The van der Waals surface area contributed by atoms with Gasteiger partial charge < -0.3 is 10.6 Å². The van der Waals surface area contributed by atoms with E-state index in [1.54, 1.807) is 0 Å². The highest BCUT2D eigenvalue weighted by atomic mass is 32.1. The van der Waals surface area contributed by atoms with E-state index in [0.717, 1.165) is 25.7 Å². The molecule has 0 heterocycles. The smallest absolute Gasteiger partial charge is 0.358 e. The summed E-state index contributed by atoms with van der Waals surface area (Å²) in [6.45, 7) is 4.12. The van der Waals surface area contributed by atoms with Gasteiger partial charge in [0.15, 0.2) is 5.11 Å². The molecule has 0 bridgehead atoms.